The molecule has 11 heavy (non-hydrogen) atoms. The van der Waals surface area contributed by atoms with Gasteiger partial charge in [-0.15, -0.1) is 0 Å². The Labute approximate surface area is 73.0 Å². The van der Waals surface area contributed by atoms with Crippen LogP contribution in [0.3, 0.4) is 0 Å². The predicted octanol–water partition coefficient (Wildman–Crippen LogP) is -1.82. The van der Waals surface area contributed by atoms with Crippen LogP contribution >= 0.6 is 0 Å². The summed E-state index contributed by atoms with van der Waals surface area (Å²) in [6.07, 6.45) is 0. The van der Waals surface area contributed by atoms with Crippen LogP contribution in [0.25, 0.3) is 0 Å². The third-order valence-electron chi connectivity index (χ3n) is 1.00. The van der Waals surface area contributed by atoms with Crippen LogP contribution in [-0.4, -0.2) is 0 Å². The third kappa shape index (κ3) is 1.92. The molecule has 5 heteroatoms. The van der Waals surface area contributed by atoms with E-state index in [9.17, 15) is 18.3 Å². The monoisotopic (exact) mass is 154 g/mol. The molecule has 0 unspecified atom stereocenters. The van der Waals surface area contributed by atoms with E-state index in [1.165, 1.54) is 0 Å². The molecule has 0 aliphatic heterocycles. The molecule has 1 rings (SSSR count). The number of hydrogen-bond acceptors (Lipinski definition) is 1. The van der Waals surface area contributed by atoms with Crippen molar-refractivity contribution in [1.29, 1.82) is 0 Å². The topological polar surface area (TPSA) is 23.1 Å². The van der Waals surface area contributed by atoms with E-state index in [4.69, 9.17) is 0 Å². The van der Waals surface area contributed by atoms with E-state index in [0.29, 0.717) is 12.1 Å². The Morgan fingerprint density at radius 2 is 1.45 bits per heavy atom. The molecule has 1 aromatic carbocycles. The van der Waals surface area contributed by atoms with Crippen LogP contribution in [-0.2, 0) is 0 Å². The van der Waals surface area contributed by atoms with Crippen molar-refractivity contribution in [3.8, 4) is 5.75 Å². The Kier molecular flexibility index (Phi) is 3.50. The second kappa shape index (κ2) is 3.70. The van der Waals surface area contributed by atoms with Gasteiger partial charge in [0.25, 0.3) is 0 Å². The first kappa shape index (κ1) is 10.4. The molecule has 0 spiro atoms. The van der Waals surface area contributed by atoms with Crippen LogP contribution in [0.2, 0.25) is 0 Å². The van der Waals surface area contributed by atoms with E-state index in [1.54, 1.807) is 0 Å². The Hall–Kier alpha value is -0.593. The molecule has 0 heterocycles. The maximum absolute atomic E-state index is 12.1. The van der Waals surface area contributed by atoms with Gasteiger partial charge in [0, 0.05) is 0 Å². The maximum atomic E-state index is 12.1. The molecule has 0 bridgehead atoms. The summed E-state index contributed by atoms with van der Waals surface area (Å²) in [4.78, 5) is 0. The van der Waals surface area contributed by atoms with Gasteiger partial charge in [-0.05, 0) is 17.9 Å². The van der Waals surface area contributed by atoms with Gasteiger partial charge in [-0.25, -0.2) is 13.2 Å². The van der Waals surface area contributed by atoms with Gasteiger partial charge in [0.2, 0.25) is 0 Å². The van der Waals surface area contributed by atoms with Gasteiger partial charge in [0.05, 0.1) is 0 Å². The number of rotatable bonds is 0. The Morgan fingerprint density at radius 1 is 1.00 bits per heavy atom. The SMILES string of the molecule is [Li+].[O-]c1c(F)ccc(F)c1F. The summed E-state index contributed by atoms with van der Waals surface area (Å²) >= 11 is 0. The van der Waals surface area contributed by atoms with Crippen molar-refractivity contribution in [2.45, 2.75) is 0 Å². The van der Waals surface area contributed by atoms with E-state index >= 15 is 0 Å². The molecule has 0 radical (unpaired) electrons. The molecule has 1 nitrogen and oxygen atoms in total. The maximum Gasteiger partial charge on any atom is 1.00 e. The fraction of sp³-hybridized carbons (Fsp3) is 0. The van der Waals surface area contributed by atoms with Crippen molar-refractivity contribution >= 4 is 0 Å². The predicted molar refractivity (Wildman–Crippen MR) is 25.8 cm³/mol. The van der Waals surface area contributed by atoms with Crippen molar-refractivity contribution < 1.29 is 37.1 Å². The second-order valence-corrected chi connectivity index (χ2v) is 1.67. The Bertz CT molecular complexity index is 237. The summed E-state index contributed by atoms with van der Waals surface area (Å²) in [5.74, 6) is -5.80. The third-order valence-corrected chi connectivity index (χ3v) is 1.00. The zero-order valence-corrected chi connectivity index (χ0v) is 5.70. The minimum absolute atomic E-state index is 0. The zero-order valence-electron chi connectivity index (χ0n) is 5.70. The van der Waals surface area contributed by atoms with Crippen LogP contribution in [0.4, 0.5) is 13.2 Å². The van der Waals surface area contributed by atoms with E-state index in [0.717, 1.165) is 0 Å². The molecular formula is C6H2F3LiO. The largest absolute Gasteiger partial charge is 1.00 e. The minimum atomic E-state index is -1.67. The van der Waals surface area contributed by atoms with Crippen LogP contribution in [0.1, 0.15) is 0 Å². The van der Waals surface area contributed by atoms with E-state index in [-0.39, 0.29) is 18.9 Å². The molecule has 0 aliphatic rings. The normalized spacial score (nSPS) is 9.00. The molecule has 1 aromatic rings. The zero-order chi connectivity index (χ0) is 7.72. The molecule has 0 amide bonds. The molecule has 0 fully saturated rings. The van der Waals surface area contributed by atoms with Crippen LogP contribution in [0.15, 0.2) is 12.1 Å². The standard InChI is InChI=1S/C6H3F3O.Li/c7-3-1-2-4(8)6(10)5(3)9;/h1-2,10H;/q;+1/p-1. The fourth-order valence-electron chi connectivity index (χ4n) is 0.508. The van der Waals surface area contributed by atoms with Crippen molar-refractivity contribution in [2.75, 3.05) is 0 Å². The summed E-state index contributed by atoms with van der Waals surface area (Å²) in [6.45, 7) is 0. The summed E-state index contributed by atoms with van der Waals surface area (Å²) in [7, 11) is 0. The van der Waals surface area contributed by atoms with E-state index in [1.807, 2.05) is 0 Å². The van der Waals surface area contributed by atoms with E-state index < -0.39 is 23.2 Å². The molecule has 0 aromatic heterocycles. The summed E-state index contributed by atoms with van der Waals surface area (Å²) < 4.78 is 36.1. The Balaban J connectivity index is 0.000001000. The molecular weight excluding hydrogens is 152 g/mol. The van der Waals surface area contributed by atoms with Crippen LogP contribution in [0, 0.1) is 17.5 Å². The quantitative estimate of drug-likeness (QED) is 0.319. The second-order valence-electron chi connectivity index (χ2n) is 1.67. The average molecular weight is 154 g/mol. The van der Waals surface area contributed by atoms with Crippen molar-refractivity contribution in [3.63, 3.8) is 0 Å². The first-order valence-corrected chi connectivity index (χ1v) is 2.43. The van der Waals surface area contributed by atoms with Gasteiger partial charge in [0.15, 0.2) is 11.6 Å². The Morgan fingerprint density at radius 3 is 1.91 bits per heavy atom. The molecule has 0 saturated carbocycles. The van der Waals surface area contributed by atoms with Gasteiger partial charge in [0.1, 0.15) is 5.82 Å². The molecule has 54 valence electrons. The van der Waals surface area contributed by atoms with Gasteiger partial charge in [-0.2, -0.15) is 0 Å². The van der Waals surface area contributed by atoms with Crippen molar-refractivity contribution in [2.24, 2.45) is 0 Å². The number of hydrogen-bond donors (Lipinski definition) is 0. The fourth-order valence-corrected chi connectivity index (χ4v) is 0.508. The first-order valence-electron chi connectivity index (χ1n) is 2.43. The minimum Gasteiger partial charge on any atom is -0.868 e. The smallest absolute Gasteiger partial charge is 0.868 e. The summed E-state index contributed by atoms with van der Waals surface area (Å²) in [5, 5.41) is 10.2. The summed E-state index contributed by atoms with van der Waals surface area (Å²) in [5.41, 5.74) is 0. The first-order chi connectivity index (χ1) is 4.63. The molecule has 0 aliphatic carbocycles. The summed E-state index contributed by atoms with van der Waals surface area (Å²) in [6, 6.07) is 1.15. The number of halogens is 3. The van der Waals surface area contributed by atoms with Crippen molar-refractivity contribution in [3.05, 3.63) is 29.6 Å². The molecule has 0 N–H and O–H groups in total. The van der Waals surface area contributed by atoms with Crippen molar-refractivity contribution in [1.82, 2.24) is 0 Å². The average Bonchev–Trinajstić information content (AvgIpc) is 1.93. The van der Waals surface area contributed by atoms with Crippen LogP contribution in [0.5, 0.6) is 5.75 Å². The van der Waals surface area contributed by atoms with E-state index in [2.05, 4.69) is 0 Å². The molecule has 0 atom stereocenters. The van der Waals surface area contributed by atoms with Gasteiger partial charge in [-0.3, -0.25) is 0 Å². The van der Waals surface area contributed by atoms with Crippen LogP contribution < -0.4 is 24.0 Å². The molecule has 0 saturated heterocycles. The number of benzene rings is 1. The van der Waals surface area contributed by atoms with Gasteiger partial charge < -0.3 is 5.11 Å². The van der Waals surface area contributed by atoms with Gasteiger partial charge >= 0.3 is 18.9 Å². The van der Waals surface area contributed by atoms with Gasteiger partial charge in [-0.1, -0.05) is 0 Å².